The average Bonchev–Trinajstić information content (AvgIpc) is 2.46. The van der Waals surface area contributed by atoms with E-state index in [2.05, 4.69) is 16.5 Å². The number of hydrogen-bond donors (Lipinski definition) is 1. The van der Waals surface area contributed by atoms with Gasteiger partial charge in [0.05, 0.1) is 11.3 Å². The van der Waals surface area contributed by atoms with Gasteiger partial charge in [-0.2, -0.15) is 5.26 Å². The summed E-state index contributed by atoms with van der Waals surface area (Å²) in [5.74, 6) is 0. The Morgan fingerprint density at radius 2 is 1.90 bits per heavy atom. The number of nitriles is 1. The molecular weight excluding hydrogens is 332 g/mol. The summed E-state index contributed by atoms with van der Waals surface area (Å²) in [5, 5.41) is 15.0. The van der Waals surface area contributed by atoms with E-state index >= 15 is 0 Å². The third kappa shape index (κ3) is 5.09. The molecule has 0 atom stereocenters. The Morgan fingerprint density at radius 1 is 1.38 bits per heavy atom. The lowest BCUT2D eigenvalue weighted by Gasteiger charge is -2.17. The van der Waals surface area contributed by atoms with E-state index in [1.165, 1.54) is 28.2 Å². The van der Waals surface area contributed by atoms with Gasteiger partial charge in [-0.15, -0.1) is 11.8 Å². The fraction of sp³-hybridized carbons (Fsp3) is 0.500. The van der Waals surface area contributed by atoms with Gasteiger partial charge in [0.2, 0.25) is 10.4 Å². The van der Waals surface area contributed by atoms with Crippen LogP contribution in [0.5, 0.6) is 0 Å². The average molecular weight is 348 g/mol. The van der Waals surface area contributed by atoms with E-state index in [4.69, 9.17) is 10.7 Å². The molecule has 0 amide bonds. The summed E-state index contributed by atoms with van der Waals surface area (Å²) in [6.45, 7) is 0. The maximum atomic E-state index is 9.22. The minimum atomic E-state index is -4.41. The van der Waals surface area contributed by atoms with Gasteiger partial charge < -0.3 is 4.55 Å². The van der Waals surface area contributed by atoms with Crippen molar-refractivity contribution in [1.82, 2.24) is 0 Å². The van der Waals surface area contributed by atoms with Gasteiger partial charge in [-0.3, -0.25) is 4.18 Å². The Bertz CT molecular complexity index is 704. The van der Waals surface area contributed by atoms with E-state index in [9.17, 15) is 13.0 Å². The SMILES string of the molecule is COS(=O)(=O)[O-].CSc1sc(=[NH2+])c(C#N)c2c1CCCC2. The van der Waals surface area contributed by atoms with E-state index in [1.807, 2.05) is 0 Å². The number of thioether (sulfide) groups is 1. The highest BCUT2D eigenvalue weighted by Crippen LogP contribution is 2.32. The van der Waals surface area contributed by atoms with Gasteiger partial charge in [0.15, 0.2) is 0 Å². The lowest BCUT2D eigenvalue weighted by Crippen LogP contribution is -2.45. The minimum absolute atomic E-state index is 0.683. The fourth-order valence-electron chi connectivity index (χ4n) is 2.06. The number of nitrogens with zero attached hydrogens (tertiary/aromatic N) is 1. The molecule has 1 heterocycles. The highest BCUT2D eigenvalue weighted by Gasteiger charge is 2.20. The first-order valence-corrected chi connectivity index (χ1v) is 9.44. The van der Waals surface area contributed by atoms with Crippen LogP contribution in [0.25, 0.3) is 0 Å². The third-order valence-electron chi connectivity index (χ3n) is 2.97. The van der Waals surface area contributed by atoms with Crippen LogP contribution in [0.4, 0.5) is 0 Å². The van der Waals surface area contributed by atoms with Gasteiger partial charge in [-0.05, 0) is 43.1 Å². The van der Waals surface area contributed by atoms with Crippen LogP contribution in [0, 0.1) is 11.3 Å². The van der Waals surface area contributed by atoms with Crippen molar-refractivity contribution in [3.63, 3.8) is 0 Å². The molecule has 2 N–H and O–H groups in total. The first-order chi connectivity index (χ1) is 9.84. The zero-order valence-electron chi connectivity index (χ0n) is 11.7. The summed E-state index contributed by atoms with van der Waals surface area (Å²) in [7, 11) is -3.60. The molecule has 1 aromatic heterocycles. The van der Waals surface area contributed by atoms with Crippen LogP contribution in [0.3, 0.4) is 0 Å². The summed E-state index contributed by atoms with van der Waals surface area (Å²) in [6, 6.07) is 2.25. The summed E-state index contributed by atoms with van der Waals surface area (Å²) in [5.41, 5.74) is 3.32. The Labute approximate surface area is 132 Å². The first-order valence-electron chi connectivity index (χ1n) is 6.06. The second-order valence-electron chi connectivity index (χ2n) is 4.18. The van der Waals surface area contributed by atoms with Gasteiger partial charge in [0.25, 0.3) is 4.67 Å². The van der Waals surface area contributed by atoms with Crippen molar-refractivity contribution in [3.8, 4) is 6.07 Å². The predicted octanol–water partition coefficient (Wildman–Crippen LogP) is -0.0267. The lowest BCUT2D eigenvalue weighted by atomic mass is 9.91. The van der Waals surface area contributed by atoms with Crippen LogP contribution in [0.1, 0.15) is 29.5 Å². The molecule has 9 heteroatoms. The Balaban J connectivity index is 0.000000315. The molecular formula is C12H16N2O4S3. The molecule has 0 saturated heterocycles. The molecule has 0 aromatic carbocycles. The summed E-state index contributed by atoms with van der Waals surface area (Å²) in [4.78, 5) is 0. The van der Waals surface area contributed by atoms with Crippen LogP contribution in [0.2, 0.25) is 0 Å². The molecule has 2 rings (SSSR count). The zero-order valence-corrected chi connectivity index (χ0v) is 14.2. The van der Waals surface area contributed by atoms with Crippen molar-refractivity contribution in [1.29, 1.82) is 5.26 Å². The maximum absolute atomic E-state index is 9.22. The molecule has 0 unspecified atom stereocenters. The molecule has 0 spiro atoms. The van der Waals surface area contributed by atoms with Crippen LogP contribution in [-0.2, 0) is 27.4 Å². The second kappa shape index (κ2) is 7.91. The van der Waals surface area contributed by atoms with Gasteiger partial charge in [0.1, 0.15) is 11.6 Å². The quantitative estimate of drug-likeness (QED) is 0.456. The molecule has 0 bridgehead atoms. The predicted molar refractivity (Wildman–Crippen MR) is 79.2 cm³/mol. The van der Waals surface area contributed by atoms with Crippen LogP contribution in [0.15, 0.2) is 4.21 Å². The van der Waals surface area contributed by atoms with E-state index in [0.29, 0.717) is 4.67 Å². The maximum Gasteiger partial charge on any atom is 0.272 e. The van der Waals surface area contributed by atoms with Crippen molar-refractivity contribution in [2.75, 3.05) is 13.4 Å². The molecule has 0 fully saturated rings. The van der Waals surface area contributed by atoms with Crippen molar-refractivity contribution >= 4 is 33.5 Å². The van der Waals surface area contributed by atoms with Crippen molar-refractivity contribution in [2.24, 2.45) is 0 Å². The summed E-state index contributed by atoms with van der Waals surface area (Å²) in [6.07, 6.45) is 6.62. The minimum Gasteiger partial charge on any atom is -0.726 e. The third-order valence-corrected chi connectivity index (χ3v) is 5.60. The molecule has 0 saturated carbocycles. The molecule has 21 heavy (non-hydrogen) atoms. The Kier molecular flexibility index (Phi) is 6.83. The molecule has 0 aliphatic heterocycles. The molecule has 1 aliphatic carbocycles. The van der Waals surface area contributed by atoms with Gasteiger partial charge in [-0.1, -0.05) is 11.3 Å². The van der Waals surface area contributed by atoms with Gasteiger partial charge in [0, 0.05) is 0 Å². The van der Waals surface area contributed by atoms with Crippen LogP contribution >= 0.6 is 23.1 Å². The molecule has 116 valence electrons. The first kappa shape index (κ1) is 18.1. The van der Waals surface area contributed by atoms with E-state index in [-0.39, 0.29) is 0 Å². The Morgan fingerprint density at radius 3 is 2.33 bits per heavy atom. The standard InChI is InChI=1S/C11H12N2S2.CH4O4S/c1-14-11-8-5-3-2-4-7(8)9(6-12)10(13)15-11;1-5-6(2,3)4/h13H,2-5H2,1H3;1H3,(H,2,3,4). The Hall–Kier alpha value is -0.920. The largest absolute Gasteiger partial charge is 0.726 e. The monoisotopic (exact) mass is 348 g/mol. The van der Waals surface area contributed by atoms with Crippen molar-refractivity contribution in [3.05, 3.63) is 21.4 Å². The molecule has 1 aromatic rings. The van der Waals surface area contributed by atoms with E-state index < -0.39 is 10.4 Å². The lowest BCUT2D eigenvalue weighted by molar-refractivity contribution is -0.167. The number of hydrogen-bond acceptors (Lipinski definition) is 7. The highest BCUT2D eigenvalue weighted by atomic mass is 32.3. The summed E-state index contributed by atoms with van der Waals surface area (Å²) >= 11 is 3.31. The van der Waals surface area contributed by atoms with Crippen molar-refractivity contribution in [2.45, 2.75) is 29.9 Å². The van der Waals surface area contributed by atoms with Gasteiger partial charge >= 0.3 is 0 Å². The van der Waals surface area contributed by atoms with Crippen molar-refractivity contribution < 1.29 is 22.6 Å². The van der Waals surface area contributed by atoms with Crippen LogP contribution < -0.4 is 10.1 Å². The van der Waals surface area contributed by atoms with E-state index in [0.717, 1.165) is 25.5 Å². The second-order valence-corrected chi connectivity index (χ2v) is 7.46. The van der Waals surface area contributed by atoms with E-state index in [1.54, 1.807) is 23.1 Å². The van der Waals surface area contributed by atoms with Gasteiger partial charge in [-0.25, -0.2) is 13.8 Å². The number of nitrogens with two attached hydrogens (primary N) is 1. The number of rotatable bonds is 2. The fourth-order valence-corrected chi connectivity index (χ4v) is 3.95. The molecule has 6 nitrogen and oxygen atoms in total. The smallest absolute Gasteiger partial charge is 0.272 e. The highest BCUT2D eigenvalue weighted by molar-refractivity contribution is 8.00. The topological polar surface area (TPSA) is 116 Å². The van der Waals surface area contributed by atoms with Crippen LogP contribution in [-0.4, -0.2) is 26.3 Å². The number of fused-ring (bicyclic) bond motifs is 1. The zero-order chi connectivity index (χ0) is 16.0. The molecule has 0 radical (unpaired) electrons. The summed E-state index contributed by atoms with van der Waals surface area (Å²) < 4.78 is 33.0. The molecule has 1 aliphatic rings. The normalized spacial score (nSPS) is 13.6.